The molecule has 1 fully saturated rings. The normalized spacial score (nSPS) is 18.0. The van der Waals surface area contributed by atoms with Crippen molar-refractivity contribution in [3.8, 4) is 0 Å². The number of esters is 1. The summed E-state index contributed by atoms with van der Waals surface area (Å²) in [5.74, 6) is 0.690. The van der Waals surface area contributed by atoms with Gasteiger partial charge in [0.05, 0.1) is 12.5 Å². The highest BCUT2D eigenvalue weighted by atomic mass is 16.5. The smallest absolute Gasteiger partial charge is 0.311 e. The molecule has 1 heterocycles. The second-order valence-electron chi connectivity index (χ2n) is 7.52. The van der Waals surface area contributed by atoms with Crippen LogP contribution in [0.25, 0.3) is 0 Å². The second kappa shape index (κ2) is 12.8. The lowest BCUT2D eigenvalue weighted by atomic mass is 9.84. The number of benzene rings is 1. The summed E-state index contributed by atoms with van der Waals surface area (Å²) < 4.78 is 5.28. The Morgan fingerprint density at radius 1 is 1.17 bits per heavy atom. The summed E-state index contributed by atoms with van der Waals surface area (Å²) in [4.78, 5) is 20.4. The van der Waals surface area contributed by atoms with Crippen LogP contribution in [0.4, 0.5) is 5.82 Å². The Kier molecular flexibility index (Phi) is 10.1. The van der Waals surface area contributed by atoms with Gasteiger partial charge < -0.3 is 15.0 Å². The molecule has 0 radical (unpaired) electrons. The van der Waals surface area contributed by atoms with Crippen molar-refractivity contribution >= 4 is 18.5 Å². The fourth-order valence-electron chi connectivity index (χ4n) is 3.95. The Bertz CT molecular complexity index is 813. The molecule has 1 aromatic heterocycles. The SMILES string of the molecule is C=NC.CCOC(=O)[C@H]1CCCC[C@H]1Nc1cccc(Cc2ccccc2CC)n1.[HH]. The summed E-state index contributed by atoms with van der Waals surface area (Å²) in [6.07, 6.45) is 5.94. The lowest BCUT2D eigenvalue weighted by Crippen LogP contribution is -2.38. The van der Waals surface area contributed by atoms with Gasteiger partial charge in [0.2, 0.25) is 0 Å². The van der Waals surface area contributed by atoms with Gasteiger partial charge >= 0.3 is 5.97 Å². The van der Waals surface area contributed by atoms with Gasteiger partial charge in [0.25, 0.3) is 0 Å². The van der Waals surface area contributed by atoms with E-state index in [4.69, 9.17) is 9.72 Å². The first kappa shape index (κ1) is 23.6. The third-order valence-corrected chi connectivity index (χ3v) is 5.37. The van der Waals surface area contributed by atoms with Gasteiger partial charge in [-0.3, -0.25) is 4.79 Å². The van der Waals surface area contributed by atoms with Crippen LogP contribution in [0.1, 0.15) is 57.8 Å². The van der Waals surface area contributed by atoms with Crippen molar-refractivity contribution in [1.82, 2.24) is 4.98 Å². The molecule has 1 N–H and O–H groups in total. The van der Waals surface area contributed by atoms with E-state index in [1.54, 1.807) is 7.05 Å². The summed E-state index contributed by atoms with van der Waals surface area (Å²) in [5, 5.41) is 3.51. The van der Waals surface area contributed by atoms with Crippen LogP contribution in [0.5, 0.6) is 0 Å². The van der Waals surface area contributed by atoms with E-state index in [0.29, 0.717) is 6.61 Å². The molecule has 164 valence electrons. The molecule has 30 heavy (non-hydrogen) atoms. The molecule has 1 aromatic carbocycles. The number of anilines is 1. The fourth-order valence-corrected chi connectivity index (χ4v) is 3.95. The highest BCUT2D eigenvalue weighted by Crippen LogP contribution is 2.28. The van der Waals surface area contributed by atoms with Crippen LogP contribution in [-0.2, 0) is 22.4 Å². The van der Waals surface area contributed by atoms with Crippen molar-refractivity contribution in [3.63, 3.8) is 0 Å². The third-order valence-electron chi connectivity index (χ3n) is 5.37. The van der Waals surface area contributed by atoms with E-state index >= 15 is 0 Å². The zero-order valence-electron chi connectivity index (χ0n) is 18.6. The lowest BCUT2D eigenvalue weighted by Gasteiger charge is -2.31. The van der Waals surface area contributed by atoms with Gasteiger partial charge in [-0.25, -0.2) is 4.98 Å². The van der Waals surface area contributed by atoms with Crippen molar-refractivity contribution < 1.29 is 11.0 Å². The number of hydrogen-bond acceptors (Lipinski definition) is 5. The van der Waals surface area contributed by atoms with Crippen molar-refractivity contribution in [2.24, 2.45) is 10.9 Å². The second-order valence-corrected chi connectivity index (χ2v) is 7.52. The summed E-state index contributed by atoms with van der Waals surface area (Å²) in [6.45, 7) is 7.60. The zero-order chi connectivity index (χ0) is 21.8. The summed E-state index contributed by atoms with van der Waals surface area (Å²) in [6, 6.07) is 14.7. The maximum Gasteiger partial charge on any atom is 0.311 e. The number of aryl methyl sites for hydroxylation is 1. The molecule has 0 amide bonds. The molecule has 0 aliphatic heterocycles. The molecular weight excluding hydrogens is 374 g/mol. The number of carbonyl (C=O) groups excluding carboxylic acids is 1. The summed E-state index contributed by atoms with van der Waals surface area (Å²) >= 11 is 0. The van der Waals surface area contributed by atoms with E-state index < -0.39 is 0 Å². The van der Waals surface area contributed by atoms with E-state index in [1.807, 2.05) is 19.1 Å². The number of ether oxygens (including phenoxy) is 1. The van der Waals surface area contributed by atoms with E-state index in [9.17, 15) is 4.79 Å². The van der Waals surface area contributed by atoms with Crippen molar-refractivity contribution in [3.05, 3.63) is 59.3 Å². The number of hydrogen-bond donors (Lipinski definition) is 1. The van der Waals surface area contributed by atoms with Crippen LogP contribution < -0.4 is 5.32 Å². The molecule has 5 nitrogen and oxygen atoms in total. The summed E-state index contributed by atoms with van der Waals surface area (Å²) in [5.41, 5.74) is 3.74. The predicted octanol–water partition coefficient (Wildman–Crippen LogP) is 5.33. The number of pyridine rings is 1. The van der Waals surface area contributed by atoms with Crippen LogP contribution in [0, 0.1) is 5.92 Å². The van der Waals surface area contributed by atoms with E-state index in [-0.39, 0.29) is 19.4 Å². The molecule has 5 heteroatoms. The van der Waals surface area contributed by atoms with Crippen LogP contribution in [0.3, 0.4) is 0 Å². The Morgan fingerprint density at radius 2 is 1.87 bits per heavy atom. The topological polar surface area (TPSA) is 63.6 Å². The van der Waals surface area contributed by atoms with Gasteiger partial charge in [-0.2, -0.15) is 0 Å². The summed E-state index contributed by atoms with van der Waals surface area (Å²) in [7, 11) is 1.64. The molecule has 1 aliphatic carbocycles. The predicted molar refractivity (Wildman–Crippen MR) is 126 cm³/mol. The Morgan fingerprint density at radius 3 is 2.57 bits per heavy atom. The van der Waals surface area contributed by atoms with Gasteiger partial charge in [0.15, 0.2) is 0 Å². The minimum absolute atomic E-state index is 0. The van der Waals surface area contributed by atoms with Gasteiger partial charge in [-0.1, -0.05) is 50.1 Å². The Hall–Kier alpha value is -2.69. The number of aliphatic imine (C=N–C) groups is 1. The zero-order valence-corrected chi connectivity index (χ0v) is 18.6. The number of nitrogens with one attached hydrogen (secondary N) is 1. The number of aromatic nitrogens is 1. The molecule has 0 saturated heterocycles. The molecule has 2 aromatic rings. The van der Waals surface area contributed by atoms with E-state index in [0.717, 1.165) is 50.0 Å². The maximum atomic E-state index is 12.3. The molecule has 0 spiro atoms. The first-order valence-corrected chi connectivity index (χ1v) is 10.9. The minimum Gasteiger partial charge on any atom is -0.466 e. The number of nitrogens with zero attached hydrogens (tertiary/aromatic N) is 2. The molecule has 1 aliphatic rings. The van der Waals surface area contributed by atoms with Gasteiger partial charge in [0, 0.05) is 26.6 Å². The van der Waals surface area contributed by atoms with Crippen LogP contribution >= 0.6 is 0 Å². The average Bonchev–Trinajstić information content (AvgIpc) is 2.75. The maximum absolute atomic E-state index is 12.3. The third kappa shape index (κ3) is 6.97. The monoisotopic (exact) mass is 411 g/mol. The van der Waals surface area contributed by atoms with Crippen LogP contribution in [-0.4, -0.2) is 37.4 Å². The first-order valence-electron chi connectivity index (χ1n) is 10.9. The number of rotatable bonds is 7. The van der Waals surface area contributed by atoms with Gasteiger partial charge in [0.1, 0.15) is 5.82 Å². The Balaban J connectivity index is 0.00000113. The van der Waals surface area contributed by atoms with Crippen molar-refractivity contribution in [2.45, 2.75) is 58.4 Å². The molecule has 0 unspecified atom stereocenters. The first-order chi connectivity index (χ1) is 14.6. The molecule has 0 bridgehead atoms. The quantitative estimate of drug-likeness (QED) is 0.494. The lowest BCUT2D eigenvalue weighted by molar-refractivity contribution is -0.149. The van der Waals surface area contributed by atoms with Crippen molar-refractivity contribution in [1.29, 1.82) is 0 Å². The highest BCUT2D eigenvalue weighted by molar-refractivity contribution is 5.74. The number of carbonyl (C=O) groups is 1. The van der Waals surface area contributed by atoms with Crippen molar-refractivity contribution in [2.75, 3.05) is 19.0 Å². The molecule has 2 atom stereocenters. The standard InChI is InChI=1S/C23H30N2O2.C2H5N.H2/c1-3-17-10-5-6-11-18(17)16-19-12-9-15-22(24-19)25-21-14-8-7-13-20(21)23(26)27-4-2;1-3-2;/h5-6,9-12,15,20-21H,3-4,7-8,13-14,16H2,1-2H3,(H,24,25);1H2,2H3;1H/t20-,21+;;/m0../s1. The molecule has 1 saturated carbocycles. The van der Waals surface area contributed by atoms with E-state index in [1.165, 1.54) is 11.1 Å². The van der Waals surface area contributed by atoms with E-state index in [2.05, 4.69) is 54.3 Å². The minimum atomic E-state index is -0.0808. The van der Waals surface area contributed by atoms with Crippen LogP contribution in [0.15, 0.2) is 47.5 Å². The molecule has 3 rings (SSSR count). The average molecular weight is 412 g/mol. The van der Waals surface area contributed by atoms with Gasteiger partial charge in [-0.05, 0) is 56.2 Å². The van der Waals surface area contributed by atoms with Crippen LogP contribution in [0.2, 0.25) is 0 Å². The van der Waals surface area contributed by atoms with Gasteiger partial charge in [-0.15, -0.1) is 0 Å². The fraction of sp³-hybridized carbons (Fsp3) is 0.480. The highest BCUT2D eigenvalue weighted by Gasteiger charge is 2.32. The Labute approximate surface area is 182 Å². The molecular formula is C25H37N3O2. The largest absolute Gasteiger partial charge is 0.466 e.